The lowest BCUT2D eigenvalue weighted by molar-refractivity contribution is -0.141. The van der Waals surface area contributed by atoms with Crippen LogP contribution in [0.3, 0.4) is 0 Å². The van der Waals surface area contributed by atoms with Gasteiger partial charge in [0.25, 0.3) is 0 Å². The van der Waals surface area contributed by atoms with E-state index in [9.17, 15) is 9.59 Å². The van der Waals surface area contributed by atoms with Crippen LogP contribution in [0, 0.1) is 12.3 Å². The number of carboxylic acids is 1. The molecule has 0 saturated heterocycles. The van der Waals surface area contributed by atoms with Gasteiger partial charge in [0.2, 0.25) is 5.91 Å². The molecule has 0 fully saturated rings. The van der Waals surface area contributed by atoms with E-state index < -0.39 is 11.4 Å². The zero-order valence-electron chi connectivity index (χ0n) is 13.5. The van der Waals surface area contributed by atoms with Crippen molar-refractivity contribution < 1.29 is 19.1 Å². The summed E-state index contributed by atoms with van der Waals surface area (Å²) in [4.78, 5) is 25.1. The Bertz CT molecular complexity index is 502. The summed E-state index contributed by atoms with van der Waals surface area (Å²) in [5.41, 5.74) is -0.560. The zero-order valence-corrected chi connectivity index (χ0v) is 13.5. The molecule has 0 spiro atoms. The van der Waals surface area contributed by atoms with Gasteiger partial charge in [-0.15, -0.1) is 0 Å². The second-order valence-corrected chi connectivity index (χ2v) is 6.54. The Balaban J connectivity index is 2.76. The third-order valence-corrected chi connectivity index (χ3v) is 3.33. The number of rotatable bonds is 7. The van der Waals surface area contributed by atoms with Gasteiger partial charge >= 0.3 is 5.97 Å². The molecule has 0 saturated carbocycles. The number of carbonyl (C=O) groups is 2. The van der Waals surface area contributed by atoms with Gasteiger partial charge < -0.3 is 14.4 Å². The van der Waals surface area contributed by atoms with Gasteiger partial charge in [0, 0.05) is 12.5 Å². The second-order valence-electron chi connectivity index (χ2n) is 6.54. The van der Waals surface area contributed by atoms with Crippen molar-refractivity contribution in [3.8, 4) is 0 Å². The van der Waals surface area contributed by atoms with Crippen LogP contribution in [0.25, 0.3) is 0 Å². The van der Waals surface area contributed by atoms with Crippen molar-refractivity contribution in [2.75, 3.05) is 0 Å². The molecule has 1 amide bonds. The van der Waals surface area contributed by atoms with Gasteiger partial charge in [0.1, 0.15) is 11.5 Å². The van der Waals surface area contributed by atoms with Crippen LogP contribution in [0.2, 0.25) is 0 Å². The Morgan fingerprint density at radius 3 is 2.33 bits per heavy atom. The van der Waals surface area contributed by atoms with E-state index in [4.69, 9.17) is 9.52 Å². The quantitative estimate of drug-likeness (QED) is 0.838. The highest BCUT2D eigenvalue weighted by Gasteiger charge is 2.29. The Morgan fingerprint density at radius 2 is 1.90 bits per heavy atom. The second kappa shape index (κ2) is 6.78. The van der Waals surface area contributed by atoms with E-state index in [0.717, 1.165) is 11.5 Å². The molecule has 1 N–H and O–H groups in total. The summed E-state index contributed by atoms with van der Waals surface area (Å²) in [6.07, 6.45) is 0.182. The minimum absolute atomic E-state index is 0.0233. The summed E-state index contributed by atoms with van der Waals surface area (Å²) < 4.78 is 5.52. The number of aliphatic carboxylic acids is 1. The molecule has 0 aromatic carbocycles. The summed E-state index contributed by atoms with van der Waals surface area (Å²) >= 11 is 0. The predicted molar refractivity (Wildman–Crippen MR) is 79.8 cm³/mol. The maximum absolute atomic E-state index is 12.5. The maximum atomic E-state index is 12.5. The monoisotopic (exact) mass is 295 g/mol. The van der Waals surface area contributed by atoms with E-state index in [-0.39, 0.29) is 24.8 Å². The van der Waals surface area contributed by atoms with Crippen LogP contribution in [-0.4, -0.2) is 27.9 Å². The van der Waals surface area contributed by atoms with E-state index in [1.807, 2.05) is 32.9 Å². The van der Waals surface area contributed by atoms with Gasteiger partial charge in [-0.05, 0) is 38.3 Å². The Morgan fingerprint density at radius 1 is 1.29 bits per heavy atom. The van der Waals surface area contributed by atoms with E-state index in [2.05, 4.69) is 0 Å². The third kappa shape index (κ3) is 5.61. The van der Waals surface area contributed by atoms with Crippen LogP contribution in [0.1, 0.15) is 52.1 Å². The Kier molecular flexibility index (Phi) is 5.58. The highest BCUT2D eigenvalue weighted by atomic mass is 16.4. The molecule has 0 radical (unpaired) electrons. The van der Waals surface area contributed by atoms with Crippen molar-refractivity contribution in [3.63, 3.8) is 0 Å². The summed E-state index contributed by atoms with van der Waals surface area (Å²) in [5, 5.41) is 8.91. The fourth-order valence-corrected chi connectivity index (χ4v) is 2.28. The summed E-state index contributed by atoms with van der Waals surface area (Å²) in [7, 11) is 0. The first-order chi connectivity index (χ1) is 9.60. The van der Waals surface area contributed by atoms with Crippen LogP contribution in [-0.2, 0) is 16.1 Å². The maximum Gasteiger partial charge on any atom is 0.303 e. The van der Waals surface area contributed by atoms with Crippen molar-refractivity contribution in [2.45, 2.75) is 60.0 Å². The number of nitrogens with zero attached hydrogens (tertiary/aromatic N) is 1. The number of hydrogen-bond donors (Lipinski definition) is 1. The van der Waals surface area contributed by atoms with Crippen molar-refractivity contribution in [1.82, 2.24) is 4.90 Å². The Hall–Kier alpha value is -1.78. The molecule has 0 bridgehead atoms. The fraction of sp³-hybridized carbons (Fsp3) is 0.625. The van der Waals surface area contributed by atoms with Crippen LogP contribution < -0.4 is 0 Å². The van der Waals surface area contributed by atoms with Crippen molar-refractivity contribution >= 4 is 11.9 Å². The number of carbonyl (C=O) groups excluding carboxylic acids is 1. The highest BCUT2D eigenvalue weighted by molar-refractivity contribution is 5.78. The largest absolute Gasteiger partial charge is 0.481 e. The van der Waals surface area contributed by atoms with Crippen LogP contribution >= 0.6 is 0 Å². The summed E-state index contributed by atoms with van der Waals surface area (Å²) in [6, 6.07) is 3.76. The van der Waals surface area contributed by atoms with E-state index in [1.54, 1.807) is 18.7 Å². The highest BCUT2D eigenvalue weighted by Crippen LogP contribution is 2.27. The average Bonchev–Trinajstić information content (AvgIpc) is 2.68. The number of amides is 1. The number of furan rings is 1. The molecule has 21 heavy (non-hydrogen) atoms. The van der Waals surface area contributed by atoms with E-state index in [0.29, 0.717) is 6.54 Å². The first-order valence-electron chi connectivity index (χ1n) is 7.17. The van der Waals surface area contributed by atoms with Gasteiger partial charge in [-0.2, -0.15) is 0 Å². The SMILES string of the molecule is Cc1ccc(CN(C(=O)CC(C)(C)CC(=O)O)C(C)C)o1. The van der Waals surface area contributed by atoms with Gasteiger partial charge in [0.05, 0.1) is 13.0 Å². The Labute approximate surface area is 125 Å². The predicted octanol–water partition coefficient (Wildman–Crippen LogP) is 3.22. The van der Waals surface area contributed by atoms with Crippen LogP contribution in [0.5, 0.6) is 0 Å². The minimum Gasteiger partial charge on any atom is -0.481 e. The molecular formula is C16H25NO4. The molecule has 0 aliphatic heterocycles. The van der Waals surface area contributed by atoms with Gasteiger partial charge in [-0.1, -0.05) is 13.8 Å². The summed E-state index contributed by atoms with van der Waals surface area (Å²) in [6.45, 7) is 9.76. The van der Waals surface area contributed by atoms with E-state index >= 15 is 0 Å². The van der Waals surface area contributed by atoms with Crippen LogP contribution in [0.15, 0.2) is 16.5 Å². The van der Waals surface area contributed by atoms with Crippen molar-refractivity contribution in [3.05, 3.63) is 23.7 Å². The normalized spacial score (nSPS) is 11.7. The number of aryl methyl sites for hydroxylation is 1. The van der Waals surface area contributed by atoms with E-state index in [1.165, 1.54) is 0 Å². The lowest BCUT2D eigenvalue weighted by Gasteiger charge is -2.30. The fourth-order valence-electron chi connectivity index (χ4n) is 2.28. The molecule has 5 nitrogen and oxygen atoms in total. The lowest BCUT2D eigenvalue weighted by atomic mass is 9.85. The van der Waals surface area contributed by atoms with Crippen LogP contribution in [0.4, 0.5) is 0 Å². The molecule has 5 heteroatoms. The summed E-state index contributed by atoms with van der Waals surface area (Å²) in [5.74, 6) is 0.619. The molecular weight excluding hydrogens is 270 g/mol. The third-order valence-electron chi connectivity index (χ3n) is 3.33. The lowest BCUT2D eigenvalue weighted by Crippen LogP contribution is -2.39. The molecule has 1 aromatic heterocycles. The number of hydrogen-bond acceptors (Lipinski definition) is 3. The molecule has 1 aromatic rings. The molecule has 0 unspecified atom stereocenters. The minimum atomic E-state index is -0.884. The van der Waals surface area contributed by atoms with Gasteiger partial charge in [-0.3, -0.25) is 9.59 Å². The topological polar surface area (TPSA) is 70.8 Å². The number of carboxylic acid groups (broad SMARTS) is 1. The molecule has 1 heterocycles. The molecule has 118 valence electrons. The zero-order chi connectivity index (χ0) is 16.2. The van der Waals surface area contributed by atoms with Gasteiger partial charge in [-0.25, -0.2) is 0 Å². The standard InChI is InChI=1S/C16H25NO4/c1-11(2)17(10-13-7-6-12(3)21-13)14(18)8-16(4,5)9-15(19)20/h6-7,11H,8-10H2,1-5H3,(H,19,20). The van der Waals surface area contributed by atoms with Crippen molar-refractivity contribution in [1.29, 1.82) is 0 Å². The molecule has 1 rings (SSSR count). The molecule has 0 aliphatic carbocycles. The smallest absolute Gasteiger partial charge is 0.303 e. The molecule has 0 aliphatic rings. The first kappa shape index (κ1) is 17.3. The average molecular weight is 295 g/mol. The van der Waals surface area contributed by atoms with Crippen molar-refractivity contribution in [2.24, 2.45) is 5.41 Å². The van der Waals surface area contributed by atoms with Gasteiger partial charge in [0.15, 0.2) is 0 Å². The first-order valence-corrected chi connectivity index (χ1v) is 7.17. The molecule has 0 atom stereocenters.